The van der Waals surface area contributed by atoms with Crippen molar-refractivity contribution < 1.29 is 9.90 Å². The van der Waals surface area contributed by atoms with E-state index in [-0.39, 0.29) is 0 Å². The van der Waals surface area contributed by atoms with Crippen LogP contribution < -0.4 is 0 Å². The van der Waals surface area contributed by atoms with Crippen molar-refractivity contribution >= 4 is 5.97 Å². The van der Waals surface area contributed by atoms with Crippen LogP contribution in [-0.2, 0) is 4.79 Å². The number of hydrogen-bond acceptors (Lipinski definition) is 1. The van der Waals surface area contributed by atoms with Crippen LogP contribution in [-0.4, -0.2) is 11.1 Å². The van der Waals surface area contributed by atoms with Crippen molar-refractivity contribution in [1.82, 2.24) is 0 Å². The summed E-state index contributed by atoms with van der Waals surface area (Å²) in [5.41, 5.74) is -0.419. The molecular weight excluding hydrogens is 236 g/mol. The molecule has 0 saturated heterocycles. The Labute approximate surface area is 115 Å². The largest absolute Gasteiger partial charge is 0.481 e. The van der Waals surface area contributed by atoms with Crippen LogP contribution >= 0.6 is 0 Å². The smallest absolute Gasteiger partial charge is 0.310 e. The minimum absolute atomic E-state index is 0.419. The van der Waals surface area contributed by atoms with Crippen molar-refractivity contribution in [1.29, 1.82) is 0 Å². The van der Waals surface area contributed by atoms with Gasteiger partial charge in [0.2, 0.25) is 0 Å². The molecule has 4 saturated carbocycles. The van der Waals surface area contributed by atoms with Crippen molar-refractivity contribution in [3.63, 3.8) is 0 Å². The molecule has 0 aromatic carbocycles. The van der Waals surface area contributed by atoms with E-state index in [2.05, 4.69) is 12.2 Å². The summed E-state index contributed by atoms with van der Waals surface area (Å²) >= 11 is 0. The molecule has 1 unspecified atom stereocenters. The zero-order chi connectivity index (χ0) is 13.0. The van der Waals surface area contributed by atoms with Crippen LogP contribution in [0, 0.1) is 35.0 Å². The van der Waals surface area contributed by atoms with E-state index < -0.39 is 11.4 Å². The first kappa shape index (κ1) is 12.0. The first-order chi connectivity index (χ1) is 9.19. The van der Waals surface area contributed by atoms with Crippen LogP contribution in [0.4, 0.5) is 0 Å². The average Bonchev–Trinajstić information content (AvgIpc) is 2.38. The van der Waals surface area contributed by atoms with E-state index in [1.807, 2.05) is 0 Å². The Balaban J connectivity index is 1.70. The monoisotopic (exact) mass is 260 g/mol. The molecule has 5 rings (SSSR count). The first-order valence-corrected chi connectivity index (χ1v) is 8.07. The van der Waals surface area contributed by atoms with Crippen molar-refractivity contribution in [2.75, 3.05) is 0 Å². The lowest BCUT2D eigenvalue weighted by molar-refractivity contribution is -0.168. The third-order valence-corrected chi connectivity index (χ3v) is 6.70. The number of hydrogen-bond donors (Lipinski definition) is 1. The quantitative estimate of drug-likeness (QED) is 0.765. The van der Waals surface area contributed by atoms with Crippen LogP contribution in [0.3, 0.4) is 0 Å². The van der Waals surface area contributed by atoms with Gasteiger partial charge in [0.05, 0.1) is 5.41 Å². The Morgan fingerprint density at radius 2 is 1.63 bits per heavy atom. The van der Waals surface area contributed by atoms with Crippen molar-refractivity contribution in [3.8, 4) is 0 Å². The summed E-state index contributed by atoms with van der Waals surface area (Å²) in [5.74, 6) is 3.28. The summed E-state index contributed by atoms with van der Waals surface area (Å²) in [4.78, 5) is 12.1. The summed E-state index contributed by atoms with van der Waals surface area (Å²) in [7, 11) is 0. The molecule has 104 valence electrons. The molecule has 19 heavy (non-hydrogen) atoms. The fourth-order valence-corrected chi connectivity index (χ4v) is 6.32. The Morgan fingerprint density at radius 3 is 2.11 bits per heavy atom. The maximum absolute atomic E-state index is 12.1. The highest BCUT2D eigenvalue weighted by atomic mass is 16.4. The molecule has 0 aliphatic heterocycles. The molecule has 0 aromatic rings. The van der Waals surface area contributed by atoms with Gasteiger partial charge in [-0.1, -0.05) is 12.2 Å². The van der Waals surface area contributed by atoms with Crippen LogP contribution in [0.5, 0.6) is 0 Å². The molecule has 4 fully saturated rings. The highest BCUT2D eigenvalue weighted by Gasteiger charge is 2.58. The standard InChI is InChI=1S/C17H24O2/c18-16(19)17(4-2-1-3-5-17)15-13-7-11-6-12(9-13)10-14(15)8-11/h1-2,11-15H,3-10H2,(H,18,19). The molecule has 2 heteroatoms. The molecule has 5 aliphatic carbocycles. The van der Waals surface area contributed by atoms with Gasteiger partial charge in [-0.15, -0.1) is 0 Å². The lowest BCUT2D eigenvalue weighted by Crippen LogP contribution is -2.54. The number of carboxylic acids is 1. The highest BCUT2D eigenvalue weighted by Crippen LogP contribution is 2.63. The molecule has 2 nitrogen and oxygen atoms in total. The highest BCUT2D eigenvalue weighted by molar-refractivity contribution is 5.76. The van der Waals surface area contributed by atoms with E-state index in [0.29, 0.717) is 5.92 Å². The van der Waals surface area contributed by atoms with Crippen molar-refractivity contribution in [3.05, 3.63) is 12.2 Å². The van der Waals surface area contributed by atoms with E-state index >= 15 is 0 Å². The molecule has 0 aromatic heterocycles. The van der Waals surface area contributed by atoms with Gasteiger partial charge >= 0.3 is 5.97 Å². The summed E-state index contributed by atoms with van der Waals surface area (Å²) < 4.78 is 0. The predicted octanol–water partition coefficient (Wildman–Crippen LogP) is 3.87. The average molecular weight is 260 g/mol. The number of carboxylic acid groups (broad SMARTS) is 1. The lowest BCUT2D eigenvalue weighted by atomic mass is 9.45. The lowest BCUT2D eigenvalue weighted by Gasteiger charge is -2.59. The SMILES string of the molecule is O=C(O)C1(C2C3CC4CC(C3)CC2C4)CC=CCC1. The van der Waals surface area contributed by atoms with Gasteiger partial charge in [0.1, 0.15) is 0 Å². The van der Waals surface area contributed by atoms with E-state index in [0.717, 1.165) is 42.9 Å². The number of carbonyl (C=O) groups is 1. The number of rotatable bonds is 2. The van der Waals surface area contributed by atoms with Crippen LogP contribution in [0.2, 0.25) is 0 Å². The third-order valence-electron chi connectivity index (χ3n) is 6.70. The maximum Gasteiger partial charge on any atom is 0.310 e. The van der Waals surface area contributed by atoms with Crippen molar-refractivity contribution in [2.45, 2.75) is 51.4 Å². The fraction of sp³-hybridized carbons (Fsp3) is 0.824. The Morgan fingerprint density at radius 1 is 1.00 bits per heavy atom. The zero-order valence-corrected chi connectivity index (χ0v) is 11.6. The summed E-state index contributed by atoms with van der Waals surface area (Å²) in [6.45, 7) is 0. The molecule has 0 spiro atoms. The Kier molecular flexibility index (Phi) is 2.59. The van der Waals surface area contributed by atoms with Crippen molar-refractivity contribution in [2.24, 2.45) is 35.0 Å². The zero-order valence-electron chi connectivity index (χ0n) is 11.6. The van der Waals surface area contributed by atoms with E-state index in [1.54, 1.807) is 0 Å². The fourth-order valence-electron chi connectivity index (χ4n) is 6.32. The van der Waals surface area contributed by atoms with Gasteiger partial charge in [-0.25, -0.2) is 0 Å². The van der Waals surface area contributed by atoms with Gasteiger partial charge < -0.3 is 5.11 Å². The minimum atomic E-state index is -0.505. The topological polar surface area (TPSA) is 37.3 Å². The normalized spacial score (nSPS) is 51.5. The van der Waals surface area contributed by atoms with Gasteiger partial charge in [0.15, 0.2) is 0 Å². The second kappa shape index (κ2) is 4.10. The van der Waals surface area contributed by atoms with Crippen LogP contribution in [0.15, 0.2) is 12.2 Å². The first-order valence-electron chi connectivity index (χ1n) is 8.07. The van der Waals surface area contributed by atoms with Gasteiger partial charge in [-0.3, -0.25) is 4.79 Å². The Bertz CT molecular complexity index is 397. The molecule has 0 heterocycles. The van der Waals surface area contributed by atoms with E-state index in [9.17, 15) is 9.90 Å². The van der Waals surface area contributed by atoms with Crippen LogP contribution in [0.25, 0.3) is 0 Å². The van der Waals surface area contributed by atoms with Gasteiger partial charge in [-0.2, -0.15) is 0 Å². The maximum atomic E-state index is 12.1. The summed E-state index contributed by atoms with van der Waals surface area (Å²) in [6.07, 6.45) is 13.7. The second-order valence-electron chi connectivity index (χ2n) is 7.63. The van der Waals surface area contributed by atoms with Gasteiger partial charge in [0, 0.05) is 0 Å². The van der Waals surface area contributed by atoms with E-state index in [4.69, 9.17) is 0 Å². The second-order valence-corrected chi connectivity index (χ2v) is 7.63. The Hall–Kier alpha value is -0.790. The molecule has 4 bridgehead atoms. The molecule has 1 N–H and O–H groups in total. The van der Waals surface area contributed by atoms with E-state index in [1.165, 1.54) is 32.1 Å². The minimum Gasteiger partial charge on any atom is -0.481 e. The molecule has 0 radical (unpaired) electrons. The molecule has 0 amide bonds. The summed E-state index contributed by atoms with van der Waals surface area (Å²) in [6, 6.07) is 0. The van der Waals surface area contributed by atoms with Gasteiger partial charge in [0.25, 0.3) is 0 Å². The summed E-state index contributed by atoms with van der Waals surface area (Å²) in [5, 5.41) is 9.94. The van der Waals surface area contributed by atoms with Crippen LogP contribution in [0.1, 0.15) is 51.4 Å². The molecule has 5 aliphatic rings. The molecule has 1 atom stereocenters. The van der Waals surface area contributed by atoms with Gasteiger partial charge in [-0.05, 0) is 81.0 Å². The molecular formula is C17H24O2. The predicted molar refractivity (Wildman–Crippen MR) is 73.6 cm³/mol. The number of aliphatic carboxylic acids is 1. The number of allylic oxidation sites excluding steroid dienone is 2. The third kappa shape index (κ3) is 1.64.